The molecule has 2 rings (SSSR count). The fraction of sp³-hybridized carbons (Fsp3) is 0.857. The van der Waals surface area contributed by atoms with Crippen LogP contribution in [0.4, 0.5) is 4.79 Å². The van der Waals surface area contributed by atoms with E-state index in [1.807, 2.05) is 18.7 Å². The van der Waals surface area contributed by atoms with Gasteiger partial charge in [0.05, 0.1) is 24.7 Å². The first kappa shape index (κ1) is 15.1. The molecular weight excluding hydrogens is 260 g/mol. The van der Waals surface area contributed by atoms with Crippen LogP contribution in [0, 0.1) is 5.92 Å². The molecule has 1 aliphatic heterocycles. The molecule has 2 unspecified atom stereocenters. The normalized spacial score (nSPS) is 34.6. The third-order valence-electron chi connectivity index (χ3n) is 4.27. The molecule has 2 N–H and O–H groups in total. The van der Waals surface area contributed by atoms with Gasteiger partial charge in [0.15, 0.2) is 0 Å². The zero-order valence-electron chi connectivity index (χ0n) is 12.2. The monoisotopic (exact) mass is 284 g/mol. The zero-order valence-corrected chi connectivity index (χ0v) is 12.2. The summed E-state index contributed by atoms with van der Waals surface area (Å²) in [4.78, 5) is 25.0. The molecule has 2 amide bonds. The number of carboxylic acids is 1. The number of nitrogens with zero attached hydrogens (tertiary/aromatic N) is 1. The van der Waals surface area contributed by atoms with Crippen LogP contribution >= 0.6 is 0 Å². The van der Waals surface area contributed by atoms with Crippen LogP contribution < -0.4 is 5.32 Å². The first-order chi connectivity index (χ1) is 9.47. The summed E-state index contributed by atoms with van der Waals surface area (Å²) >= 11 is 0. The summed E-state index contributed by atoms with van der Waals surface area (Å²) in [6.45, 7) is 5.12. The van der Waals surface area contributed by atoms with Crippen LogP contribution in [0.2, 0.25) is 0 Å². The van der Waals surface area contributed by atoms with Gasteiger partial charge in [-0.2, -0.15) is 0 Å². The second kappa shape index (κ2) is 6.43. The Bertz CT molecular complexity index is 366. The molecule has 6 heteroatoms. The molecule has 1 aliphatic carbocycles. The van der Waals surface area contributed by atoms with E-state index < -0.39 is 5.97 Å². The summed E-state index contributed by atoms with van der Waals surface area (Å²) in [5.41, 5.74) is 0. The van der Waals surface area contributed by atoms with Crippen LogP contribution in [0.1, 0.15) is 39.5 Å². The molecule has 0 aromatic carbocycles. The molecule has 6 nitrogen and oxygen atoms in total. The average Bonchev–Trinajstić information content (AvgIpc) is 2.42. The maximum absolute atomic E-state index is 12.3. The van der Waals surface area contributed by atoms with Crippen molar-refractivity contribution in [2.45, 2.75) is 57.7 Å². The largest absolute Gasteiger partial charge is 0.481 e. The molecule has 2 fully saturated rings. The van der Waals surface area contributed by atoms with Crippen molar-refractivity contribution in [1.29, 1.82) is 0 Å². The topological polar surface area (TPSA) is 78.9 Å². The standard InChI is InChI=1S/C14H24N2O4/c1-9-8-20-10(2)7-16(9)14(19)15-12-5-3-11(4-6-12)13(17)18/h9-12H,3-8H2,1-2H3,(H,15,19)(H,17,18). The first-order valence-electron chi connectivity index (χ1n) is 7.39. The summed E-state index contributed by atoms with van der Waals surface area (Å²) in [6.07, 6.45) is 2.86. The minimum Gasteiger partial charge on any atom is -0.481 e. The van der Waals surface area contributed by atoms with Gasteiger partial charge in [-0.05, 0) is 39.5 Å². The third kappa shape index (κ3) is 3.62. The molecule has 2 aliphatic rings. The van der Waals surface area contributed by atoms with E-state index in [0.717, 1.165) is 12.8 Å². The van der Waals surface area contributed by atoms with Crippen molar-refractivity contribution in [2.75, 3.05) is 13.2 Å². The van der Waals surface area contributed by atoms with Gasteiger partial charge >= 0.3 is 12.0 Å². The van der Waals surface area contributed by atoms with Gasteiger partial charge in [-0.1, -0.05) is 0 Å². The fourth-order valence-corrected chi connectivity index (χ4v) is 2.93. The maximum Gasteiger partial charge on any atom is 0.318 e. The van der Waals surface area contributed by atoms with Gasteiger partial charge in [0.2, 0.25) is 0 Å². The highest BCUT2D eigenvalue weighted by Crippen LogP contribution is 2.24. The van der Waals surface area contributed by atoms with Crippen LogP contribution in [0.5, 0.6) is 0 Å². The number of rotatable bonds is 2. The number of carbonyl (C=O) groups excluding carboxylic acids is 1. The number of ether oxygens (including phenoxy) is 1. The van der Waals surface area contributed by atoms with Crippen LogP contribution in [-0.2, 0) is 9.53 Å². The SMILES string of the molecule is CC1CN(C(=O)NC2CCC(C(=O)O)CC2)C(C)CO1. The fourth-order valence-electron chi connectivity index (χ4n) is 2.93. The Balaban J connectivity index is 1.81. The summed E-state index contributed by atoms with van der Waals surface area (Å²) in [5.74, 6) is -0.962. The molecule has 0 aromatic rings. The summed E-state index contributed by atoms with van der Waals surface area (Å²) in [5, 5.41) is 12.0. The van der Waals surface area contributed by atoms with E-state index in [1.165, 1.54) is 0 Å². The minimum absolute atomic E-state index is 0.0496. The van der Waals surface area contributed by atoms with Crippen molar-refractivity contribution in [2.24, 2.45) is 5.92 Å². The van der Waals surface area contributed by atoms with Crippen LogP contribution in [-0.4, -0.2) is 53.3 Å². The van der Waals surface area contributed by atoms with Gasteiger partial charge in [0.1, 0.15) is 0 Å². The molecule has 20 heavy (non-hydrogen) atoms. The van der Waals surface area contributed by atoms with E-state index in [-0.39, 0.29) is 30.1 Å². The lowest BCUT2D eigenvalue weighted by atomic mass is 9.86. The highest BCUT2D eigenvalue weighted by atomic mass is 16.5. The molecule has 0 spiro atoms. The number of aliphatic carboxylic acids is 1. The van der Waals surface area contributed by atoms with Crippen molar-refractivity contribution in [3.63, 3.8) is 0 Å². The molecule has 1 saturated heterocycles. The number of carbonyl (C=O) groups is 2. The van der Waals surface area contributed by atoms with E-state index >= 15 is 0 Å². The number of nitrogens with one attached hydrogen (secondary N) is 1. The van der Waals surface area contributed by atoms with Crippen molar-refractivity contribution >= 4 is 12.0 Å². The van der Waals surface area contributed by atoms with Gasteiger partial charge in [-0.3, -0.25) is 4.79 Å². The molecule has 114 valence electrons. The summed E-state index contributed by atoms with van der Waals surface area (Å²) in [6, 6.07) is 0.136. The van der Waals surface area contributed by atoms with Gasteiger partial charge in [0.25, 0.3) is 0 Å². The number of hydrogen-bond donors (Lipinski definition) is 2. The van der Waals surface area contributed by atoms with E-state index in [4.69, 9.17) is 9.84 Å². The third-order valence-corrected chi connectivity index (χ3v) is 4.27. The van der Waals surface area contributed by atoms with Crippen molar-refractivity contribution in [1.82, 2.24) is 10.2 Å². The quantitative estimate of drug-likeness (QED) is 0.804. The Labute approximate surface area is 119 Å². The van der Waals surface area contributed by atoms with E-state index in [9.17, 15) is 9.59 Å². The van der Waals surface area contributed by atoms with Crippen LogP contribution in [0.25, 0.3) is 0 Å². The van der Waals surface area contributed by atoms with Gasteiger partial charge in [-0.15, -0.1) is 0 Å². The Kier molecular flexibility index (Phi) is 4.86. The van der Waals surface area contributed by atoms with Crippen molar-refractivity contribution in [3.8, 4) is 0 Å². The lowest BCUT2D eigenvalue weighted by Crippen LogP contribution is -2.55. The maximum atomic E-state index is 12.3. The van der Waals surface area contributed by atoms with E-state index in [0.29, 0.717) is 26.0 Å². The molecule has 0 bridgehead atoms. The Hall–Kier alpha value is -1.30. The highest BCUT2D eigenvalue weighted by Gasteiger charge is 2.31. The van der Waals surface area contributed by atoms with Crippen LogP contribution in [0.15, 0.2) is 0 Å². The lowest BCUT2D eigenvalue weighted by Gasteiger charge is -2.38. The second-order valence-corrected chi connectivity index (χ2v) is 5.98. The van der Waals surface area contributed by atoms with Crippen LogP contribution in [0.3, 0.4) is 0 Å². The predicted molar refractivity (Wildman–Crippen MR) is 73.5 cm³/mol. The molecular formula is C14H24N2O4. The minimum atomic E-state index is -0.717. The Morgan fingerprint density at radius 3 is 2.45 bits per heavy atom. The number of morpholine rings is 1. The van der Waals surface area contributed by atoms with Gasteiger partial charge in [0, 0.05) is 12.6 Å². The van der Waals surface area contributed by atoms with Gasteiger partial charge in [-0.25, -0.2) is 4.79 Å². The molecule has 2 atom stereocenters. The number of carboxylic acid groups (broad SMARTS) is 1. The number of urea groups is 1. The average molecular weight is 284 g/mol. The Morgan fingerprint density at radius 1 is 1.20 bits per heavy atom. The van der Waals surface area contributed by atoms with E-state index in [2.05, 4.69) is 5.32 Å². The second-order valence-electron chi connectivity index (χ2n) is 5.98. The van der Waals surface area contributed by atoms with Crippen molar-refractivity contribution in [3.05, 3.63) is 0 Å². The lowest BCUT2D eigenvalue weighted by molar-refractivity contribution is -0.142. The van der Waals surface area contributed by atoms with Crippen molar-refractivity contribution < 1.29 is 19.4 Å². The van der Waals surface area contributed by atoms with Gasteiger partial charge < -0.3 is 20.1 Å². The number of amides is 2. The van der Waals surface area contributed by atoms with E-state index in [1.54, 1.807) is 0 Å². The zero-order chi connectivity index (χ0) is 14.7. The molecule has 1 heterocycles. The summed E-state index contributed by atoms with van der Waals surface area (Å²) < 4.78 is 5.51. The smallest absolute Gasteiger partial charge is 0.318 e. The predicted octanol–water partition coefficient (Wildman–Crippen LogP) is 1.45. The highest BCUT2D eigenvalue weighted by molar-refractivity contribution is 5.75. The molecule has 1 saturated carbocycles. The molecule has 0 aromatic heterocycles. The summed E-state index contributed by atoms with van der Waals surface area (Å²) in [7, 11) is 0. The number of hydrogen-bond acceptors (Lipinski definition) is 3. The molecule has 0 radical (unpaired) electrons. The first-order valence-corrected chi connectivity index (χ1v) is 7.39. The Morgan fingerprint density at radius 2 is 1.85 bits per heavy atom.